The number of benzene rings is 11. The summed E-state index contributed by atoms with van der Waals surface area (Å²) < 4.78 is 9.55. The molecule has 0 aliphatic rings. The summed E-state index contributed by atoms with van der Waals surface area (Å²) in [6, 6.07) is 98.0. The van der Waals surface area contributed by atoms with Gasteiger partial charge in [0, 0.05) is 71.2 Å². The molecule has 0 spiro atoms. The van der Waals surface area contributed by atoms with Crippen LogP contribution in [-0.4, -0.2) is 23.3 Å². The van der Waals surface area contributed by atoms with Crippen LogP contribution in [0.4, 0.5) is 0 Å². The minimum atomic E-state index is 0.546. The summed E-state index contributed by atoms with van der Waals surface area (Å²) in [5.41, 5.74) is 18.9. The maximum Gasteiger partial charge on any atom is 0.0993 e. The summed E-state index contributed by atoms with van der Waals surface area (Å²) in [4.78, 5) is 5.40. The van der Waals surface area contributed by atoms with Crippen LogP contribution in [0.25, 0.3) is 144 Å². The second kappa shape index (κ2) is 17.2. The van der Waals surface area contributed by atoms with Crippen molar-refractivity contribution >= 4 is 87.2 Å². The van der Waals surface area contributed by atoms with E-state index in [4.69, 9.17) is 4.98 Å². The van der Waals surface area contributed by atoms with Crippen LogP contribution in [-0.2, 0) is 0 Å². The van der Waals surface area contributed by atoms with Crippen molar-refractivity contribution in [2.24, 2.45) is 0 Å². The van der Waals surface area contributed by atoms with Gasteiger partial charge in [0.25, 0.3) is 0 Å². The van der Waals surface area contributed by atoms with Crippen molar-refractivity contribution in [2.45, 2.75) is 0 Å². The summed E-state index contributed by atoms with van der Waals surface area (Å²) in [5.74, 6) is 0. The number of fused-ring (bicyclic) bond motifs is 12. The highest BCUT2D eigenvalue weighted by Gasteiger charge is 2.26. The number of aromatic nitrogens is 5. The van der Waals surface area contributed by atoms with Crippen LogP contribution in [0.15, 0.2) is 267 Å². The van der Waals surface area contributed by atoms with Crippen molar-refractivity contribution in [3.63, 3.8) is 0 Å². The van der Waals surface area contributed by atoms with Crippen LogP contribution in [0.2, 0.25) is 0 Å². The zero-order chi connectivity index (χ0) is 51.4. The third kappa shape index (κ3) is 6.52. The first-order chi connectivity index (χ1) is 38.7. The first-order valence-corrected chi connectivity index (χ1v) is 26.4. The van der Waals surface area contributed by atoms with Gasteiger partial charge in [-0.05, 0) is 103 Å². The van der Waals surface area contributed by atoms with Gasteiger partial charge in [-0.2, -0.15) is 5.26 Å². The van der Waals surface area contributed by atoms with Crippen LogP contribution >= 0.6 is 0 Å². The first-order valence-electron chi connectivity index (χ1n) is 26.4. The molecule has 0 saturated carbocycles. The van der Waals surface area contributed by atoms with Crippen molar-refractivity contribution in [1.29, 1.82) is 5.26 Å². The lowest BCUT2D eigenvalue weighted by atomic mass is 9.95. The van der Waals surface area contributed by atoms with Gasteiger partial charge in [0.2, 0.25) is 0 Å². The molecule has 16 rings (SSSR count). The molecule has 16 aromatic rings. The highest BCUT2D eigenvalue weighted by Crippen LogP contribution is 2.46. The van der Waals surface area contributed by atoms with E-state index in [1.165, 1.54) is 21.5 Å². The number of nitriles is 1. The van der Waals surface area contributed by atoms with Crippen molar-refractivity contribution in [3.8, 4) is 62.5 Å². The largest absolute Gasteiger partial charge is 0.309 e. The maximum atomic E-state index is 11.3. The Morgan fingerprint density at radius 2 is 0.577 bits per heavy atom. The number of pyridine rings is 1. The molecule has 78 heavy (non-hydrogen) atoms. The van der Waals surface area contributed by atoms with Gasteiger partial charge in [-0.15, -0.1) is 0 Å². The molecule has 0 amide bonds. The molecule has 11 aromatic carbocycles. The molecular formula is C72H44N6. The molecule has 6 heteroatoms. The molecule has 0 saturated heterocycles. The third-order valence-corrected chi connectivity index (χ3v) is 15.9. The SMILES string of the molecule is N#Cc1cc(-n2c3ccccc3c3cc(-n4c5ccccc5c5ccccc54)ccc32)c(-c2cc(-c3ccccc3)nc(-c3ccccc3)c2)c(-n2c3ccccc3c3cc(-n4c5ccccc5c5ccccc54)ccc32)c1. The highest BCUT2D eigenvalue weighted by molar-refractivity contribution is 6.15. The fourth-order valence-electron chi connectivity index (χ4n) is 12.6. The summed E-state index contributed by atoms with van der Waals surface area (Å²) in [5, 5.41) is 20.7. The number of rotatable bonds is 7. The lowest BCUT2D eigenvalue weighted by molar-refractivity contribution is 1.13. The number of para-hydroxylation sites is 6. The van der Waals surface area contributed by atoms with Gasteiger partial charge < -0.3 is 18.3 Å². The predicted octanol–water partition coefficient (Wildman–Crippen LogP) is 18.3. The summed E-state index contributed by atoms with van der Waals surface area (Å²) in [6.07, 6.45) is 0. The Balaban J connectivity index is 1.02. The summed E-state index contributed by atoms with van der Waals surface area (Å²) in [6.45, 7) is 0. The summed E-state index contributed by atoms with van der Waals surface area (Å²) in [7, 11) is 0. The van der Waals surface area contributed by atoms with Gasteiger partial charge in [-0.1, -0.05) is 170 Å². The molecule has 0 unspecified atom stereocenters. The number of hydrogen-bond donors (Lipinski definition) is 0. The normalized spacial score (nSPS) is 11.8. The molecule has 0 N–H and O–H groups in total. The van der Waals surface area contributed by atoms with Gasteiger partial charge in [-0.3, -0.25) is 0 Å². The quantitative estimate of drug-likeness (QED) is 0.160. The Kier molecular flexibility index (Phi) is 9.60. The third-order valence-electron chi connectivity index (χ3n) is 15.9. The first kappa shape index (κ1) is 43.6. The average Bonchev–Trinajstić information content (AvgIpc) is 4.43. The second-order valence-electron chi connectivity index (χ2n) is 20.2. The maximum absolute atomic E-state index is 11.3. The van der Waals surface area contributed by atoms with E-state index >= 15 is 0 Å². The van der Waals surface area contributed by atoms with E-state index in [1.54, 1.807) is 0 Å². The average molecular weight is 993 g/mol. The van der Waals surface area contributed by atoms with E-state index in [1.807, 2.05) is 12.1 Å². The van der Waals surface area contributed by atoms with E-state index in [0.29, 0.717) is 5.56 Å². The Bertz CT molecular complexity index is 4740. The molecule has 0 aliphatic carbocycles. The molecule has 0 atom stereocenters. The molecule has 0 fully saturated rings. The van der Waals surface area contributed by atoms with Gasteiger partial charge in [0.1, 0.15) is 0 Å². The van der Waals surface area contributed by atoms with Crippen molar-refractivity contribution in [2.75, 3.05) is 0 Å². The number of hydrogen-bond acceptors (Lipinski definition) is 2. The van der Waals surface area contributed by atoms with Crippen LogP contribution in [0.3, 0.4) is 0 Å². The second-order valence-corrected chi connectivity index (χ2v) is 20.2. The minimum Gasteiger partial charge on any atom is -0.309 e. The Hall–Kier alpha value is -10.7. The van der Waals surface area contributed by atoms with Crippen LogP contribution in [0.1, 0.15) is 5.56 Å². The Morgan fingerprint density at radius 1 is 0.269 bits per heavy atom. The van der Waals surface area contributed by atoms with Crippen LogP contribution < -0.4 is 0 Å². The van der Waals surface area contributed by atoms with Gasteiger partial charge >= 0.3 is 0 Å². The molecule has 362 valence electrons. The highest BCUT2D eigenvalue weighted by atomic mass is 15.0. The van der Waals surface area contributed by atoms with E-state index in [0.717, 1.165) is 122 Å². The number of nitrogens with zero attached hydrogens (tertiary/aromatic N) is 6. The Labute approximate surface area is 448 Å². The molecular weight excluding hydrogens is 949 g/mol. The van der Waals surface area contributed by atoms with E-state index in [-0.39, 0.29) is 0 Å². The van der Waals surface area contributed by atoms with E-state index < -0.39 is 0 Å². The lowest BCUT2D eigenvalue weighted by Crippen LogP contribution is -2.06. The Morgan fingerprint density at radius 3 is 0.936 bits per heavy atom. The monoisotopic (exact) mass is 992 g/mol. The minimum absolute atomic E-state index is 0.546. The van der Waals surface area contributed by atoms with Gasteiger partial charge in [0.05, 0.1) is 78.5 Å². The van der Waals surface area contributed by atoms with Crippen molar-refractivity contribution in [1.82, 2.24) is 23.3 Å². The lowest BCUT2D eigenvalue weighted by Gasteiger charge is -2.22. The topological polar surface area (TPSA) is 56.4 Å². The molecule has 5 heterocycles. The van der Waals surface area contributed by atoms with E-state index in [2.05, 4.69) is 279 Å². The molecule has 5 aromatic heterocycles. The van der Waals surface area contributed by atoms with Gasteiger partial charge in [-0.25, -0.2) is 4.98 Å². The smallest absolute Gasteiger partial charge is 0.0993 e. The van der Waals surface area contributed by atoms with Crippen molar-refractivity contribution < 1.29 is 0 Å². The fourth-order valence-corrected chi connectivity index (χ4v) is 12.6. The van der Waals surface area contributed by atoms with Crippen molar-refractivity contribution in [3.05, 3.63) is 272 Å². The fraction of sp³-hybridized carbons (Fsp3) is 0. The molecule has 0 aliphatic heterocycles. The zero-order valence-corrected chi connectivity index (χ0v) is 42.1. The van der Waals surface area contributed by atoms with Gasteiger partial charge in [0.15, 0.2) is 0 Å². The zero-order valence-electron chi connectivity index (χ0n) is 42.1. The van der Waals surface area contributed by atoms with E-state index in [9.17, 15) is 5.26 Å². The predicted molar refractivity (Wildman–Crippen MR) is 323 cm³/mol. The molecule has 0 radical (unpaired) electrons. The standard InChI is InChI=1S/C72H44N6/c73-45-46-39-70(77-66-33-17-11-27-56(66)58-43-50(35-37-68(58)77)75-62-29-13-7-23-52(62)53-24-8-14-30-63(53)75)72(49-41-60(47-19-3-1-4-20-47)74-61(42-49)48-21-5-2-6-22-48)71(40-46)78-67-34-18-12-28-57(67)59-44-51(36-38-69(59)78)76-64-31-15-9-25-54(64)55-26-10-16-32-65(55)76/h1-44H. The van der Waals surface area contributed by atoms with Crippen LogP contribution in [0, 0.1) is 11.3 Å². The molecule has 0 bridgehead atoms. The molecule has 6 nitrogen and oxygen atoms in total. The summed E-state index contributed by atoms with van der Waals surface area (Å²) >= 11 is 0. The van der Waals surface area contributed by atoms with Crippen LogP contribution in [0.5, 0.6) is 0 Å².